The van der Waals surface area contributed by atoms with E-state index in [1.807, 2.05) is 0 Å². The Labute approximate surface area is 208 Å². The molecule has 0 N–H and O–H groups in total. The first-order valence-corrected chi connectivity index (χ1v) is 10.3. The minimum Gasteiger partial charge on any atom is -1.00 e. The molecule has 0 aromatic heterocycles. The largest absolute Gasteiger partial charge is 2.00 e. The van der Waals surface area contributed by atoms with E-state index in [4.69, 9.17) is 0 Å². The predicted molar refractivity (Wildman–Crippen MR) is 117 cm³/mol. The van der Waals surface area contributed by atoms with Crippen LogP contribution in [0.1, 0.15) is 33.4 Å². The van der Waals surface area contributed by atoms with E-state index in [0.717, 1.165) is 25.7 Å². The quantitative estimate of drug-likeness (QED) is 0.349. The van der Waals surface area contributed by atoms with Gasteiger partial charge < -0.3 is 24.8 Å². The minimum absolute atomic E-state index is 0. The third-order valence-electron chi connectivity index (χ3n) is 6.56. The zero-order valence-corrected chi connectivity index (χ0v) is 20.0. The molecule has 0 bridgehead atoms. The second-order valence-electron chi connectivity index (χ2n) is 8.05. The van der Waals surface area contributed by atoms with Crippen molar-refractivity contribution in [2.75, 3.05) is 0 Å². The normalized spacial score (nSPS) is 11.7. The summed E-state index contributed by atoms with van der Waals surface area (Å²) in [4.78, 5) is 0. The Morgan fingerprint density at radius 1 is 0.452 bits per heavy atom. The standard InChI is InChI=1S/C28H22.2ClH.V/c1-3-11-23-21(7-1)17-27-19(9-5-13-25(23)27)15-16-20-10-6-14-26-24-12-4-2-8-22(24)18-28(20)26;;;/h1-14H,15-18H2;2*1H;/q;;;+2/p-2. The molecule has 0 saturated heterocycles. The molecule has 0 amide bonds. The molecule has 3 heteroatoms. The summed E-state index contributed by atoms with van der Waals surface area (Å²) in [5.41, 5.74) is 14.8. The Morgan fingerprint density at radius 2 is 0.839 bits per heavy atom. The Kier molecular flexibility index (Phi) is 7.40. The molecule has 0 nitrogen and oxygen atoms in total. The summed E-state index contributed by atoms with van der Waals surface area (Å²) < 4.78 is 0. The van der Waals surface area contributed by atoms with Crippen molar-refractivity contribution in [2.24, 2.45) is 0 Å². The van der Waals surface area contributed by atoms with E-state index < -0.39 is 0 Å². The van der Waals surface area contributed by atoms with Gasteiger partial charge in [0.1, 0.15) is 0 Å². The van der Waals surface area contributed by atoms with Crippen LogP contribution >= 0.6 is 0 Å². The molecular weight excluding hydrogens is 458 g/mol. The summed E-state index contributed by atoms with van der Waals surface area (Å²) in [7, 11) is 0. The molecule has 6 rings (SSSR count). The number of benzene rings is 4. The van der Waals surface area contributed by atoms with Crippen LogP contribution in [0.5, 0.6) is 0 Å². The van der Waals surface area contributed by atoms with E-state index in [0.29, 0.717) is 0 Å². The molecule has 0 spiro atoms. The molecule has 31 heavy (non-hydrogen) atoms. The van der Waals surface area contributed by atoms with Gasteiger partial charge in [-0.15, -0.1) is 0 Å². The maximum Gasteiger partial charge on any atom is 2.00 e. The molecule has 0 saturated carbocycles. The summed E-state index contributed by atoms with van der Waals surface area (Å²) >= 11 is 0. The van der Waals surface area contributed by atoms with Crippen LogP contribution in [-0.2, 0) is 44.2 Å². The molecule has 0 atom stereocenters. The van der Waals surface area contributed by atoms with Crippen molar-refractivity contribution >= 4 is 0 Å². The molecule has 2 aliphatic rings. The van der Waals surface area contributed by atoms with Crippen LogP contribution in [0, 0.1) is 0 Å². The SMILES string of the molecule is [Cl-].[Cl-].[V+2].c1ccc2c(c1)Cc1c(CCc3cccc4c3Cc3ccccc3-4)cccc1-2. The van der Waals surface area contributed by atoms with Gasteiger partial charge in [0.25, 0.3) is 0 Å². The van der Waals surface area contributed by atoms with E-state index in [2.05, 4.69) is 84.9 Å². The van der Waals surface area contributed by atoms with Crippen LogP contribution in [0.2, 0.25) is 0 Å². The maximum absolute atomic E-state index is 2.34. The van der Waals surface area contributed by atoms with Gasteiger partial charge in [0.15, 0.2) is 0 Å². The van der Waals surface area contributed by atoms with Gasteiger partial charge in [0, 0.05) is 0 Å². The number of hydrogen-bond acceptors (Lipinski definition) is 0. The van der Waals surface area contributed by atoms with Crippen molar-refractivity contribution in [1.29, 1.82) is 0 Å². The third kappa shape index (κ3) is 3.99. The third-order valence-corrected chi connectivity index (χ3v) is 6.56. The molecular formula is C28H22Cl2V. The zero-order valence-electron chi connectivity index (χ0n) is 17.1. The average Bonchev–Trinajstić information content (AvgIpc) is 3.31. The van der Waals surface area contributed by atoms with Gasteiger partial charge in [-0.25, -0.2) is 0 Å². The van der Waals surface area contributed by atoms with Gasteiger partial charge in [0.2, 0.25) is 0 Å². The van der Waals surface area contributed by atoms with Crippen molar-refractivity contribution in [3.05, 3.63) is 118 Å². The van der Waals surface area contributed by atoms with E-state index in [9.17, 15) is 0 Å². The number of fused-ring (bicyclic) bond motifs is 6. The molecule has 1 radical (unpaired) electrons. The number of halogens is 2. The Morgan fingerprint density at radius 3 is 1.29 bits per heavy atom. The molecule has 0 aliphatic heterocycles. The number of aryl methyl sites for hydroxylation is 2. The summed E-state index contributed by atoms with van der Waals surface area (Å²) in [6, 6.07) is 31.5. The molecule has 2 aliphatic carbocycles. The van der Waals surface area contributed by atoms with Crippen LogP contribution in [0.4, 0.5) is 0 Å². The monoisotopic (exact) mass is 479 g/mol. The minimum atomic E-state index is 0. The van der Waals surface area contributed by atoms with Crippen molar-refractivity contribution in [3.63, 3.8) is 0 Å². The molecule has 4 aromatic carbocycles. The second-order valence-corrected chi connectivity index (χ2v) is 8.05. The molecule has 0 fully saturated rings. The Balaban J connectivity index is 0.000000907. The molecule has 0 unspecified atom stereocenters. The Hall–Kier alpha value is -1.96. The maximum atomic E-state index is 2.34. The van der Waals surface area contributed by atoms with E-state index >= 15 is 0 Å². The van der Waals surface area contributed by atoms with Crippen molar-refractivity contribution < 1.29 is 43.4 Å². The van der Waals surface area contributed by atoms with Gasteiger partial charge in [-0.2, -0.15) is 0 Å². The smallest absolute Gasteiger partial charge is 1.00 e. The molecule has 4 aromatic rings. The second kappa shape index (κ2) is 9.67. The summed E-state index contributed by atoms with van der Waals surface area (Å²) in [5.74, 6) is 0. The first-order chi connectivity index (χ1) is 13.9. The van der Waals surface area contributed by atoms with Crippen molar-refractivity contribution in [2.45, 2.75) is 25.7 Å². The van der Waals surface area contributed by atoms with Gasteiger partial charge >= 0.3 is 18.6 Å². The first-order valence-electron chi connectivity index (χ1n) is 10.3. The van der Waals surface area contributed by atoms with E-state index in [-0.39, 0.29) is 43.4 Å². The fourth-order valence-electron chi connectivity index (χ4n) is 5.18. The van der Waals surface area contributed by atoms with Crippen molar-refractivity contribution in [1.82, 2.24) is 0 Å². The van der Waals surface area contributed by atoms with Crippen LogP contribution < -0.4 is 24.8 Å². The average molecular weight is 480 g/mol. The van der Waals surface area contributed by atoms with Gasteiger partial charge in [-0.3, -0.25) is 0 Å². The van der Waals surface area contributed by atoms with Crippen LogP contribution in [-0.4, -0.2) is 0 Å². The van der Waals surface area contributed by atoms with E-state index in [1.54, 1.807) is 11.1 Å². The molecule has 0 heterocycles. The van der Waals surface area contributed by atoms with E-state index in [1.165, 1.54) is 44.5 Å². The van der Waals surface area contributed by atoms with Gasteiger partial charge in [-0.1, -0.05) is 84.9 Å². The first kappa shape index (κ1) is 23.7. The topological polar surface area (TPSA) is 0 Å². The van der Waals surface area contributed by atoms with Gasteiger partial charge in [0.05, 0.1) is 0 Å². The fraction of sp³-hybridized carbons (Fsp3) is 0.143. The van der Waals surface area contributed by atoms with Gasteiger partial charge in [-0.05, 0) is 81.3 Å². The zero-order chi connectivity index (χ0) is 18.5. The summed E-state index contributed by atoms with van der Waals surface area (Å²) in [6.07, 6.45) is 4.40. The summed E-state index contributed by atoms with van der Waals surface area (Å²) in [5, 5.41) is 0. The molecule has 153 valence electrons. The number of hydrogen-bond donors (Lipinski definition) is 0. The summed E-state index contributed by atoms with van der Waals surface area (Å²) in [6.45, 7) is 0. The van der Waals surface area contributed by atoms with Crippen LogP contribution in [0.3, 0.4) is 0 Å². The van der Waals surface area contributed by atoms with Crippen LogP contribution in [0.15, 0.2) is 84.9 Å². The van der Waals surface area contributed by atoms with Crippen molar-refractivity contribution in [3.8, 4) is 22.3 Å². The number of rotatable bonds is 3. The fourth-order valence-corrected chi connectivity index (χ4v) is 5.18. The predicted octanol–water partition coefficient (Wildman–Crippen LogP) is 0.620. The Bertz CT molecular complexity index is 1130. The van der Waals surface area contributed by atoms with Crippen LogP contribution in [0.25, 0.3) is 22.3 Å².